The van der Waals surface area contributed by atoms with Gasteiger partial charge in [-0.05, 0) is 74.3 Å². The first-order valence-corrected chi connectivity index (χ1v) is 23.6. The molecule has 2 N–H and O–H groups in total. The summed E-state index contributed by atoms with van der Waals surface area (Å²) in [6, 6.07) is 3.95. The van der Waals surface area contributed by atoms with Crippen LogP contribution < -0.4 is 0 Å². The maximum Gasteiger partial charge on any atom is 0.214 e. The third kappa shape index (κ3) is 7.21. The van der Waals surface area contributed by atoms with Gasteiger partial charge in [-0.15, -0.1) is 20.4 Å². The normalized spacial score (nSPS) is 23.7. The van der Waals surface area contributed by atoms with Gasteiger partial charge in [0.15, 0.2) is 22.6 Å². The lowest BCUT2D eigenvalue weighted by Crippen LogP contribution is -2.35. The van der Waals surface area contributed by atoms with Gasteiger partial charge in [-0.1, -0.05) is 40.5 Å². The number of H-pyrrole nitrogens is 2. The van der Waals surface area contributed by atoms with Gasteiger partial charge in [0.05, 0.1) is 34.9 Å². The first kappa shape index (κ1) is 38.9. The number of hydrogen-bond donors (Lipinski definition) is 2. The number of unbranched alkanes of at least 4 members (excludes halogenated alkanes) is 1. The molecule has 0 unspecified atom stereocenters. The van der Waals surface area contributed by atoms with Crippen molar-refractivity contribution in [3.63, 3.8) is 0 Å². The molecule has 6 aromatic rings. The van der Waals surface area contributed by atoms with Gasteiger partial charge in [0, 0.05) is 50.4 Å². The Morgan fingerprint density at radius 3 is 1.68 bits per heavy atom. The molecule has 0 aromatic carbocycles. The van der Waals surface area contributed by atoms with Gasteiger partial charge in [-0.3, -0.25) is 8.80 Å². The van der Waals surface area contributed by atoms with Crippen LogP contribution in [-0.2, 0) is 20.0 Å². The molecule has 6 heterocycles. The molecule has 0 saturated heterocycles. The average Bonchev–Trinajstić information content (AvgIpc) is 4.02. The predicted octanol–water partition coefficient (Wildman–Crippen LogP) is 5.35. The highest BCUT2D eigenvalue weighted by molar-refractivity contribution is 7.89. The molecule has 2 fully saturated rings. The fraction of sp³-hybridized carbons (Fsp3) is 0.632. The molecule has 302 valence electrons. The minimum atomic E-state index is -3.50. The Labute approximate surface area is 328 Å². The monoisotopic (exact) mass is 806 g/mol. The molecule has 2 aliphatic carbocycles. The summed E-state index contributed by atoms with van der Waals surface area (Å²) in [5.41, 5.74) is 4.71. The second-order valence-electron chi connectivity index (χ2n) is 15.9. The number of nitrogens with one attached hydrogen (secondary N) is 2. The van der Waals surface area contributed by atoms with Crippen LogP contribution in [-0.4, -0.2) is 112 Å². The average molecular weight is 807 g/mol. The Hall–Kier alpha value is -4.00. The van der Waals surface area contributed by atoms with Crippen molar-refractivity contribution in [2.45, 2.75) is 90.9 Å². The van der Waals surface area contributed by atoms with Crippen molar-refractivity contribution >= 4 is 53.7 Å². The largest absolute Gasteiger partial charge is 0.345 e. The molecule has 6 aromatic heterocycles. The third-order valence-corrected chi connectivity index (χ3v) is 17.0. The highest BCUT2D eigenvalue weighted by Gasteiger charge is 2.42. The fourth-order valence-corrected chi connectivity index (χ4v) is 13.8. The summed E-state index contributed by atoms with van der Waals surface area (Å²) in [6.45, 7) is 9.65. The van der Waals surface area contributed by atoms with E-state index < -0.39 is 20.0 Å². The lowest BCUT2D eigenvalue weighted by Gasteiger charge is -2.23. The first-order valence-electron chi connectivity index (χ1n) is 20.3. The van der Waals surface area contributed by atoms with Crippen molar-refractivity contribution < 1.29 is 16.8 Å². The predicted molar refractivity (Wildman–Crippen MR) is 215 cm³/mol. The summed E-state index contributed by atoms with van der Waals surface area (Å²) in [5, 5.41) is 18.2. The smallest absolute Gasteiger partial charge is 0.214 e. The van der Waals surface area contributed by atoms with E-state index in [4.69, 9.17) is 0 Å². The molecule has 8 rings (SSSR count). The highest BCUT2D eigenvalue weighted by Crippen LogP contribution is 2.47. The quantitative estimate of drug-likeness (QED) is 0.114. The topological polar surface area (TPSA) is 192 Å². The van der Waals surface area contributed by atoms with Crippen LogP contribution in [0.4, 0.5) is 0 Å². The molecule has 16 nitrogen and oxygen atoms in total. The van der Waals surface area contributed by atoms with Gasteiger partial charge in [0.2, 0.25) is 20.0 Å². The molecule has 0 amide bonds. The zero-order chi connectivity index (χ0) is 39.2. The van der Waals surface area contributed by atoms with Gasteiger partial charge in [-0.2, -0.15) is 0 Å². The number of sulfonamides is 2. The Morgan fingerprint density at radius 2 is 1.16 bits per heavy atom. The molecular formula is C38H54N12O4S2. The van der Waals surface area contributed by atoms with Crippen molar-refractivity contribution in [3.05, 3.63) is 48.6 Å². The summed E-state index contributed by atoms with van der Waals surface area (Å²) < 4.78 is 62.1. The van der Waals surface area contributed by atoms with Crippen molar-refractivity contribution in [3.8, 4) is 0 Å². The molecule has 0 spiro atoms. The summed E-state index contributed by atoms with van der Waals surface area (Å²) in [7, 11) is -6.91. The Kier molecular flexibility index (Phi) is 10.9. The van der Waals surface area contributed by atoms with Gasteiger partial charge < -0.3 is 9.97 Å². The zero-order valence-corrected chi connectivity index (χ0v) is 34.4. The zero-order valence-electron chi connectivity index (χ0n) is 32.7. The Balaban J connectivity index is 0.936. The van der Waals surface area contributed by atoms with E-state index in [0.717, 1.165) is 78.9 Å². The number of aromatic amines is 2. The van der Waals surface area contributed by atoms with Gasteiger partial charge >= 0.3 is 0 Å². The molecule has 0 radical (unpaired) electrons. The van der Waals surface area contributed by atoms with Gasteiger partial charge in [0.1, 0.15) is 11.6 Å². The van der Waals surface area contributed by atoms with Crippen LogP contribution in [0.15, 0.2) is 36.9 Å². The first-order chi connectivity index (χ1) is 27.0. The number of aromatic nitrogens is 10. The Bertz CT molecular complexity index is 2520. The molecule has 18 heteroatoms. The van der Waals surface area contributed by atoms with Crippen molar-refractivity contribution in [1.29, 1.82) is 0 Å². The molecule has 6 atom stereocenters. The molecular weight excluding hydrogens is 753 g/mol. The van der Waals surface area contributed by atoms with E-state index in [-0.39, 0.29) is 41.1 Å². The van der Waals surface area contributed by atoms with Crippen LogP contribution in [0.3, 0.4) is 0 Å². The lowest BCUT2D eigenvalue weighted by atomic mass is 9.90. The summed E-state index contributed by atoms with van der Waals surface area (Å²) >= 11 is 0. The van der Waals surface area contributed by atoms with Crippen LogP contribution in [0.1, 0.15) is 103 Å². The Morgan fingerprint density at radius 1 is 0.661 bits per heavy atom. The molecule has 56 heavy (non-hydrogen) atoms. The van der Waals surface area contributed by atoms with E-state index in [0.29, 0.717) is 49.8 Å². The summed E-state index contributed by atoms with van der Waals surface area (Å²) in [6.07, 6.45) is 13.6. The van der Waals surface area contributed by atoms with Crippen LogP contribution in [0, 0.1) is 23.7 Å². The van der Waals surface area contributed by atoms with E-state index in [9.17, 15) is 16.8 Å². The second-order valence-corrected chi connectivity index (χ2v) is 19.9. The molecule has 0 aliphatic heterocycles. The molecule has 0 bridgehead atoms. The van der Waals surface area contributed by atoms with Crippen LogP contribution in [0.5, 0.6) is 0 Å². The number of fused-ring (bicyclic) bond motifs is 6. The highest BCUT2D eigenvalue weighted by atomic mass is 32.2. The lowest BCUT2D eigenvalue weighted by molar-refractivity contribution is 0.374. The van der Waals surface area contributed by atoms with Gasteiger partial charge in [0.25, 0.3) is 0 Å². The summed E-state index contributed by atoms with van der Waals surface area (Å²) in [5.74, 6) is 2.62. The van der Waals surface area contributed by atoms with Crippen molar-refractivity contribution in [1.82, 2.24) is 57.7 Å². The number of hydrogen-bond acceptors (Lipinski definition) is 10. The second kappa shape index (κ2) is 15.7. The molecule has 2 aliphatic rings. The SMILES string of the molecule is CC[C@@H]1C[C@H](CS(=O)(=O)N(CC)CCCC[C@H]2C[C@@H](CS(=O)(=O)N(CC)CC)C[C@@H]2c2nnc3cnc4[nH]ccc4n23)C[C@H]1c1nnc2cnc3[nH]ccc3n12. The van der Waals surface area contributed by atoms with E-state index in [1.165, 1.54) is 0 Å². The maximum atomic E-state index is 14.0. The third-order valence-electron chi connectivity index (χ3n) is 12.7. The maximum absolute atomic E-state index is 14.0. The van der Waals surface area contributed by atoms with Crippen LogP contribution >= 0.6 is 0 Å². The van der Waals surface area contributed by atoms with Crippen LogP contribution in [0.25, 0.3) is 33.6 Å². The molecule has 2 saturated carbocycles. The minimum Gasteiger partial charge on any atom is -0.345 e. The van der Waals surface area contributed by atoms with Gasteiger partial charge in [-0.25, -0.2) is 35.4 Å². The van der Waals surface area contributed by atoms with Crippen LogP contribution in [0.2, 0.25) is 0 Å². The van der Waals surface area contributed by atoms with E-state index in [2.05, 4.69) is 56.1 Å². The van der Waals surface area contributed by atoms with E-state index in [1.54, 1.807) is 21.0 Å². The minimum absolute atomic E-state index is 0.0114. The fourth-order valence-electron chi connectivity index (χ4n) is 10.0. The standard InChI is InChI=1S/C38H54N12O4S2/c1-5-27-17-25(19-29(27)37-45-43-33-21-41-35-31(49(33)37)12-14-39-35)24-56(53,54)48(8-4)16-10-9-11-28-18-26(23-55(51,52)47(6-2)7-3)20-30(28)38-46-44-34-22-42-36-32(50(34)38)13-15-40-36/h12-15,21-22,25-30,39-40H,5-11,16-20,23-24H2,1-4H3/t25-,26+,27+,28-,29+,30-/m0/s1. The van der Waals surface area contributed by atoms with E-state index in [1.807, 2.05) is 45.3 Å². The summed E-state index contributed by atoms with van der Waals surface area (Å²) in [4.78, 5) is 15.3. The van der Waals surface area contributed by atoms with Crippen molar-refractivity contribution in [2.24, 2.45) is 23.7 Å². The van der Waals surface area contributed by atoms with E-state index >= 15 is 0 Å². The number of rotatable bonds is 17. The number of nitrogens with zero attached hydrogens (tertiary/aromatic N) is 10. The van der Waals surface area contributed by atoms with Crippen molar-refractivity contribution in [2.75, 3.05) is 37.7 Å².